The molecule has 1 aliphatic rings. The third-order valence-corrected chi connectivity index (χ3v) is 5.15. The van der Waals surface area contributed by atoms with E-state index in [4.69, 9.17) is 4.74 Å². The highest BCUT2D eigenvalue weighted by atomic mass is 32.2. The van der Waals surface area contributed by atoms with Gasteiger partial charge in [0.05, 0.1) is 12.0 Å². The van der Waals surface area contributed by atoms with Gasteiger partial charge >= 0.3 is 0 Å². The van der Waals surface area contributed by atoms with Gasteiger partial charge in [0, 0.05) is 31.7 Å². The normalized spacial score (nSPS) is 16.6. The Bertz CT molecular complexity index is 512. The molecular formula is C12H18N2O3S. The lowest BCUT2D eigenvalue weighted by Gasteiger charge is -2.36. The van der Waals surface area contributed by atoms with Crippen molar-refractivity contribution in [2.75, 3.05) is 26.7 Å². The Morgan fingerprint density at radius 2 is 2.17 bits per heavy atom. The third-order valence-electron chi connectivity index (χ3n) is 3.13. The molecule has 1 aromatic carbocycles. The molecule has 0 aliphatic carbocycles. The molecule has 0 aromatic heterocycles. The van der Waals surface area contributed by atoms with Crippen LogP contribution in [-0.2, 0) is 10.0 Å². The van der Waals surface area contributed by atoms with E-state index in [2.05, 4.69) is 5.32 Å². The topological polar surface area (TPSA) is 58.6 Å². The average molecular weight is 270 g/mol. The van der Waals surface area contributed by atoms with Crippen molar-refractivity contribution in [3.05, 3.63) is 24.3 Å². The zero-order valence-electron chi connectivity index (χ0n) is 10.6. The Hall–Kier alpha value is -1.11. The molecule has 0 amide bonds. The van der Waals surface area contributed by atoms with Crippen molar-refractivity contribution in [2.24, 2.45) is 0 Å². The highest BCUT2D eigenvalue weighted by Crippen LogP contribution is 2.23. The highest BCUT2D eigenvalue weighted by Gasteiger charge is 2.33. The Balaban J connectivity index is 2.33. The van der Waals surface area contributed by atoms with Gasteiger partial charge in [0.25, 0.3) is 0 Å². The number of rotatable bonds is 5. The van der Waals surface area contributed by atoms with Crippen LogP contribution in [0.1, 0.15) is 6.92 Å². The van der Waals surface area contributed by atoms with Gasteiger partial charge in [-0.25, -0.2) is 8.42 Å². The van der Waals surface area contributed by atoms with Gasteiger partial charge in [-0.3, -0.25) is 0 Å². The van der Waals surface area contributed by atoms with Crippen LogP contribution in [0.5, 0.6) is 5.75 Å². The average Bonchev–Trinajstić information content (AvgIpc) is 2.33. The summed E-state index contributed by atoms with van der Waals surface area (Å²) < 4.78 is 31.6. The molecule has 0 bridgehead atoms. The first-order valence-electron chi connectivity index (χ1n) is 5.96. The Kier molecular flexibility index (Phi) is 3.89. The van der Waals surface area contributed by atoms with Gasteiger partial charge in [0.15, 0.2) is 0 Å². The van der Waals surface area contributed by atoms with E-state index >= 15 is 0 Å². The van der Waals surface area contributed by atoms with Gasteiger partial charge in [0.2, 0.25) is 10.0 Å². The number of hydrogen-bond acceptors (Lipinski definition) is 4. The van der Waals surface area contributed by atoms with Gasteiger partial charge < -0.3 is 10.1 Å². The van der Waals surface area contributed by atoms with Crippen LogP contribution in [0.4, 0.5) is 0 Å². The summed E-state index contributed by atoms with van der Waals surface area (Å²) in [6.07, 6.45) is 0. The van der Waals surface area contributed by atoms with Crippen molar-refractivity contribution in [3.8, 4) is 5.75 Å². The fourth-order valence-electron chi connectivity index (χ4n) is 2.00. The second-order valence-electron chi connectivity index (χ2n) is 4.20. The minimum atomic E-state index is -3.43. The molecule has 0 radical (unpaired) electrons. The van der Waals surface area contributed by atoms with Crippen molar-refractivity contribution in [1.82, 2.24) is 9.62 Å². The summed E-state index contributed by atoms with van der Waals surface area (Å²) in [6.45, 7) is 3.77. The van der Waals surface area contributed by atoms with Gasteiger partial charge in [-0.1, -0.05) is 13.0 Å². The van der Waals surface area contributed by atoms with Gasteiger partial charge in [-0.2, -0.15) is 4.31 Å². The van der Waals surface area contributed by atoms with E-state index < -0.39 is 10.0 Å². The molecule has 0 spiro atoms. The number of likely N-dealkylation sites (N-methyl/N-ethyl adjacent to an activating group) is 1. The predicted molar refractivity (Wildman–Crippen MR) is 69.2 cm³/mol. The second-order valence-corrected chi connectivity index (χ2v) is 6.09. The van der Waals surface area contributed by atoms with Crippen LogP contribution in [0, 0.1) is 0 Å². The molecular weight excluding hydrogens is 252 g/mol. The molecule has 0 unspecified atom stereocenters. The fourth-order valence-corrected chi connectivity index (χ4v) is 3.67. The van der Waals surface area contributed by atoms with E-state index in [1.54, 1.807) is 24.3 Å². The van der Waals surface area contributed by atoms with Gasteiger partial charge in [0.1, 0.15) is 5.75 Å². The summed E-state index contributed by atoms with van der Waals surface area (Å²) in [6, 6.07) is 6.65. The van der Waals surface area contributed by atoms with Crippen LogP contribution in [0.25, 0.3) is 0 Å². The predicted octanol–water partition coefficient (Wildman–Crippen LogP) is 0.678. The largest absolute Gasteiger partial charge is 0.497 e. The Morgan fingerprint density at radius 3 is 2.67 bits per heavy atom. The maximum atomic E-state index is 12.5. The molecule has 1 saturated heterocycles. The van der Waals surface area contributed by atoms with E-state index in [1.807, 2.05) is 6.92 Å². The van der Waals surface area contributed by atoms with E-state index in [-0.39, 0.29) is 10.9 Å². The number of nitrogens with zero attached hydrogens (tertiary/aromatic N) is 1. The van der Waals surface area contributed by atoms with Crippen molar-refractivity contribution in [3.63, 3.8) is 0 Å². The first-order chi connectivity index (χ1) is 8.59. The van der Waals surface area contributed by atoms with E-state index in [9.17, 15) is 8.42 Å². The van der Waals surface area contributed by atoms with E-state index in [1.165, 1.54) is 11.4 Å². The number of benzene rings is 1. The zero-order chi connectivity index (χ0) is 13.2. The van der Waals surface area contributed by atoms with Crippen molar-refractivity contribution < 1.29 is 13.2 Å². The number of hydrogen-bond donors (Lipinski definition) is 1. The molecule has 1 fully saturated rings. The molecule has 1 aromatic rings. The maximum absolute atomic E-state index is 12.5. The molecule has 100 valence electrons. The maximum Gasteiger partial charge on any atom is 0.243 e. The monoisotopic (exact) mass is 270 g/mol. The second kappa shape index (κ2) is 5.26. The number of methoxy groups -OCH3 is 1. The lowest BCUT2D eigenvalue weighted by atomic mass is 10.2. The lowest BCUT2D eigenvalue weighted by molar-refractivity contribution is 0.249. The van der Waals surface area contributed by atoms with Crippen LogP contribution in [0.3, 0.4) is 0 Å². The minimum absolute atomic E-state index is 0.0613. The minimum Gasteiger partial charge on any atom is -0.497 e. The molecule has 1 heterocycles. The molecule has 18 heavy (non-hydrogen) atoms. The summed E-state index contributed by atoms with van der Waals surface area (Å²) in [7, 11) is -1.90. The summed E-state index contributed by atoms with van der Waals surface area (Å²) in [5.41, 5.74) is 0. The Morgan fingerprint density at radius 1 is 1.44 bits per heavy atom. The molecule has 1 aliphatic heterocycles. The summed E-state index contributed by atoms with van der Waals surface area (Å²) in [4.78, 5) is 0.288. The standard InChI is InChI=1S/C12H18N2O3S/c1-3-14(10-8-13-9-10)18(15,16)12-6-4-5-11(7-12)17-2/h4-7,10,13H,3,8-9H2,1-2H3. The van der Waals surface area contributed by atoms with Crippen LogP contribution < -0.4 is 10.1 Å². The van der Waals surface area contributed by atoms with Gasteiger partial charge in [-0.15, -0.1) is 0 Å². The smallest absolute Gasteiger partial charge is 0.243 e. The summed E-state index contributed by atoms with van der Waals surface area (Å²) in [5.74, 6) is 0.555. The fraction of sp³-hybridized carbons (Fsp3) is 0.500. The molecule has 6 heteroatoms. The molecule has 5 nitrogen and oxygen atoms in total. The van der Waals surface area contributed by atoms with Crippen LogP contribution in [0.15, 0.2) is 29.2 Å². The van der Waals surface area contributed by atoms with E-state index in [0.29, 0.717) is 12.3 Å². The first kappa shape index (κ1) is 13.3. The Labute approximate surface area is 108 Å². The van der Waals surface area contributed by atoms with Crippen molar-refractivity contribution >= 4 is 10.0 Å². The molecule has 2 rings (SSSR count). The molecule has 0 atom stereocenters. The third kappa shape index (κ3) is 2.36. The SMILES string of the molecule is CCN(C1CNC1)S(=O)(=O)c1cccc(OC)c1. The van der Waals surface area contributed by atoms with Crippen molar-refractivity contribution in [1.29, 1.82) is 0 Å². The number of sulfonamides is 1. The lowest BCUT2D eigenvalue weighted by Crippen LogP contribution is -2.58. The van der Waals surface area contributed by atoms with E-state index in [0.717, 1.165) is 13.1 Å². The van der Waals surface area contributed by atoms with Crippen molar-refractivity contribution in [2.45, 2.75) is 17.9 Å². The summed E-state index contributed by atoms with van der Waals surface area (Å²) >= 11 is 0. The molecule has 1 N–H and O–H groups in total. The van der Waals surface area contributed by atoms with Crippen LogP contribution in [0.2, 0.25) is 0 Å². The number of nitrogens with one attached hydrogen (secondary N) is 1. The zero-order valence-corrected chi connectivity index (χ0v) is 11.4. The first-order valence-corrected chi connectivity index (χ1v) is 7.40. The molecule has 0 saturated carbocycles. The van der Waals surface area contributed by atoms with Gasteiger partial charge in [-0.05, 0) is 12.1 Å². The van der Waals surface area contributed by atoms with Crippen LogP contribution in [-0.4, -0.2) is 45.5 Å². The van der Waals surface area contributed by atoms with Crippen LogP contribution >= 0.6 is 0 Å². The number of ether oxygens (including phenoxy) is 1. The highest BCUT2D eigenvalue weighted by molar-refractivity contribution is 7.89. The quantitative estimate of drug-likeness (QED) is 0.854. The summed E-state index contributed by atoms with van der Waals surface area (Å²) in [5, 5.41) is 3.09.